The molecule has 0 bridgehead atoms. The summed E-state index contributed by atoms with van der Waals surface area (Å²) < 4.78 is 28.1. The molecule has 21 heavy (non-hydrogen) atoms. The van der Waals surface area contributed by atoms with Gasteiger partial charge in [0, 0.05) is 7.11 Å². The minimum Gasteiger partial charge on any atom is -0.496 e. The van der Waals surface area contributed by atoms with Crippen LogP contribution in [0.25, 0.3) is 0 Å². The van der Waals surface area contributed by atoms with Crippen LogP contribution in [-0.2, 0) is 14.2 Å². The second-order valence-electron chi connectivity index (χ2n) is 3.98. The molecule has 0 amide bonds. The second-order valence-corrected chi connectivity index (χ2v) is 5.69. The van der Waals surface area contributed by atoms with Crippen LogP contribution in [0, 0.1) is 0 Å². The minimum atomic E-state index is 0.468. The SMILES string of the molecule is COCCOCCOCCOc1cc(Br)c(OC)cc1Br. The highest BCUT2D eigenvalue weighted by atomic mass is 79.9. The van der Waals surface area contributed by atoms with Crippen LogP contribution in [0.5, 0.6) is 11.5 Å². The number of methoxy groups -OCH3 is 2. The van der Waals surface area contributed by atoms with Gasteiger partial charge in [0.1, 0.15) is 18.1 Å². The van der Waals surface area contributed by atoms with Crippen LogP contribution in [0.15, 0.2) is 21.1 Å². The number of ether oxygens (including phenoxy) is 5. The average molecular weight is 428 g/mol. The lowest BCUT2D eigenvalue weighted by Gasteiger charge is -2.11. The van der Waals surface area contributed by atoms with Crippen molar-refractivity contribution in [1.82, 2.24) is 0 Å². The van der Waals surface area contributed by atoms with Crippen molar-refractivity contribution in [2.45, 2.75) is 0 Å². The normalized spacial score (nSPS) is 10.7. The second kappa shape index (κ2) is 11.3. The summed E-state index contributed by atoms with van der Waals surface area (Å²) in [5.41, 5.74) is 0. The molecule has 0 radical (unpaired) electrons. The molecule has 0 heterocycles. The fourth-order valence-electron chi connectivity index (χ4n) is 1.45. The van der Waals surface area contributed by atoms with Crippen molar-refractivity contribution in [3.05, 3.63) is 21.1 Å². The third kappa shape index (κ3) is 7.46. The molecule has 0 saturated heterocycles. The first-order valence-electron chi connectivity index (χ1n) is 6.49. The molecule has 7 heteroatoms. The summed E-state index contributed by atoms with van der Waals surface area (Å²) in [5.74, 6) is 1.49. The summed E-state index contributed by atoms with van der Waals surface area (Å²) in [6.07, 6.45) is 0. The Morgan fingerprint density at radius 1 is 0.762 bits per heavy atom. The predicted octanol–water partition coefficient (Wildman–Crippen LogP) is 3.28. The average Bonchev–Trinajstić information content (AvgIpc) is 2.48. The van der Waals surface area contributed by atoms with Crippen molar-refractivity contribution < 1.29 is 23.7 Å². The largest absolute Gasteiger partial charge is 0.496 e. The lowest BCUT2D eigenvalue weighted by molar-refractivity contribution is 0.0179. The first kappa shape index (κ1) is 18.7. The number of rotatable bonds is 11. The van der Waals surface area contributed by atoms with Gasteiger partial charge in [-0.2, -0.15) is 0 Å². The van der Waals surface area contributed by atoms with Crippen LogP contribution in [-0.4, -0.2) is 53.9 Å². The molecule has 0 aliphatic heterocycles. The highest BCUT2D eigenvalue weighted by molar-refractivity contribution is 9.11. The van der Waals surface area contributed by atoms with E-state index in [1.807, 2.05) is 12.1 Å². The van der Waals surface area contributed by atoms with Crippen molar-refractivity contribution in [3.8, 4) is 11.5 Å². The fraction of sp³-hybridized carbons (Fsp3) is 0.571. The number of halogens is 2. The fourth-order valence-corrected chi connectivity index (χ4v) is 2.37. The van der Waals surface area contributed by atoms with Crippen LogP contribution in [0.4, 0.5) is 0 Å². The highest BCUT2D eigenvalue weighted by Gasteiger charge is 2.08. The number of hydrogen-bond acceptors (Lipinski definition) is 5. The van der Waals surface area contributed by atoms with Gasteiger partial charge < -0.3 is 23.7 Å². The molecule has 0 N–H and O–H groups in total. The maximum absolute atomic E-state index is 5.64. The van der Waals surface area contributed by atoms with Crippen LogP contribution in [0.3, 0.4) is 0 Å². The molecule has 5 nitrogen and oxygen atoms in total. The van der Waals surface area contributed by atoms with Crippen LogP contribution in [0.1, 0.15) is 0 Å². The van der Waals surface area contributed by atoms with Crippen molar-refractivity contribution in [2.75, 3.05) is 53.9 Å². The molecule has 0 fully saturated rings. The third-order valence-corrected chi connectivity index (χ3v) is 3.73. The number of benzene rings is 1. The molecule has 0 atom stereocenters. The Hall–Kier alpha value is -0.340. The van der Waals surface area contributed by atoms with E-state index in [2.05, 4.69) is 31.9 Å². The van der Waals surface area contributed by atoms with E-state index in [4.69, 9.17) is 23.7 Å². The van der Waals surface area contributed by atoms with Crippen LogP contribution >= 0.6 is 31.9 Å². The highest BCUT2D eigenvalue weighted by Crippen LogP contribution is 2.35. The van der Waals surface area contributed by atoms with E-state index in [1.165, 1.54) is 0 Å². The summed E-state index contributed by atoms with van der Waals surface area (Å²) >= 11 is 6.86. The lowest BCUT2D eigenvalue weighted by atomic mass is 10.3. The van der Waals surface area contributed by atoms with Gasteiger partial charge in [-0.1, -0.05) is 0 Å². The van der Waals surface area contributed by atoms with Crippen molar-refractivity contribution in [2.24, 2.45) is 0 Å². The molecular formula is C14H20Br2O5. The summed E-state index contributed by atoms with van der Waals surface area (Å²) in [7, 11) is 3.27. The van der Waals surface area contributed by atoms with Gasteiger partial charge in [-0.05, 0) is 44.0 Å². The van der Waals surface area contributed by atoms with Gasteiger partial charge in [-0.3, -0.25) is 0 Å². The van der Waals surface area contributed by atoms with Crippen molar-refractivity contribution >= 4 is 31.9 Å². The van der Waals surface area contributed by atoms with Gasteiger partial charge >= 0.3 is 0 Å². The Bertz CT molecular complexity index is 415. The Kier molecular flexibility index (Phi) is 10.0. The minimum absolute atomic E-state index is 0.468. The van der Waals surface area contributed by atoms with E-state index in [9.17, 15) is 0 Å². The van der Waals surface area contributed by atoms with E-state index >= 15 is 0 Å². The van der Waals surface area contributed by atoms with Gasteiger partial charge in [0.05, 0.1) is 49.1 Å². The maximum Gasteiger partial charge on any atom is 0.134 e. The summed E-state index contributed by atoms with van der Waals surface area (Å²) in [4.78, 5) is 0. The van der Waals surface area contributed by atoms with Crippen LogP contribution in [0.2, 0.25) is 0 Å². The first-order chi connectivity index (χ1) is 10.2. The molecule has 1 aromatic rings. The zero-order chi connectivity index (χ0) is 15.5. The Morgan fingerprint density at radius 3 is 1.90 bits per heavy atom. The lowest BCUT2D eigenvalue weighted by Crippen LogP contribution is -2.12. The molecule has 1 rings (SSSR count). The van der Waals surface area contributed by atoms with E-state index in [0.29, 0.717) is 39.6 Å². The predicted molar refractivity (Wildman–Crippen MR) is 87.4 cm³/mol. The van der Waals surface area contributed by atoms with E-state index in [-0.39, 0.29) is 0 Å². The van der Waals surface area contributed by atoms with Gasteiger partial charge in [0.15, 0.2) is 0 Å². The summed E-state index contributed by atoms with van der Waals surface area (Å²) in [5, 5.41) is 0. The standard InChI is InChI=1S/C14H20Br2O5/c1-17-3-4-19-5-6-20-7-8-21-14-10-11(15)13(18-2)9-12(14)16/h9-10H,3-8H2,1-2H3. The van der Waals surface area contributed by atoms with E-state index < -0.39 is 0 Å². The Balaban J connectivity index is 2.17. The number of hydrogen-bond donors (Lipinski definition) is 0. The van der Waals surface area contributed by atoms with Gasteiger partial charge in [-0.25, -0.2) is 0 Å². The molecule has 0 aliphatic carbocycles. The molecule has 0 spiro atoms. The first-order valence-corrected chi connectivity index (χ1v) is 8.08. The molecule has 0 saturated carbocycles. The summed E-state index contributed by atoms with van der Waals surface area (Å²) in [6, 6.07) is 3.71. The zero-order valence-electron chi connectivity index (χ0n) is 12.2. The molecule has 1 aromatic carbocycles. The zero-order valence-corrected chi connectivity index (χ0v) is 15.4. The smallest absolute Gasteiger partial charge is 0.134 e. The van der Waals surface area contributed by atoms with Crippen molar-refractivity contribution in [3.63, 3.8) is 0 Å². The molecule has 120 valence electrons. The maximum atomic E-state index is 5.64. The molecule has 0 aromatic heterocycles. The van der Waals surface area contributed by atoms with Crippen LogP contribution < -0.4 is 9.47 Å². The van der Waals surface area contributed by atoms with Gasteiger partial charge in [0.25, 0.3) is 0 Å². The molecule has 0 unspecified atom stereocenters. The summed E-state index contributed by atoms with van der Waals surface area (Å²) in [6.45, 7) is 3.26. The van der Waals surface area contributed by atoms with E-state index in [1.54, 1.807) is 14.2 Å². The molecule has 0 aliphatic rings. The molecular weight excluding hydrogens is 408 g/mol. The van der Waals surface area contributed by atoms with E-state index in [0.717, 1.165) is 20.4 Å². The quantitative estimate of drug-likeness (QED) is 0.507. The van der Waals surface area contributed by atoms with Gasteiger partial charge in [0.2, 0.25) is 0 Å². The topological polar surface area (TPSA) is 46.2 Å². The monoisotopic (exact) mass is 426 g/mol. The van der Waals surface area contributed by atoms with Crippen molar-refractivity contribution in [1.29, 1.82) is 0 Å². The Morgan fingerprint density at radius 2 is 1.29 bits per heavy atom. The Labute approximate surface area is 142 Å². The third-order valence-electron chi connectivity index (χ3n) is 2.50. The van der Waals surface area contributed by atoms with Gasteiger partial charge in [-0.15, -0.1) is 0 Å².